The van der Waals surface area contributed by atoms with Crippen LogP contribution in [0.1, 0.15) is 19.8 Å². The Labute approximate surface area is 85.7 Å². The highest BCUT2D eigenvalue weighted by Gasteiger charge is 2.09. The van der Waals surface area contributed by atoms with Crippen LogP contribution in [0.15, 0.2) is 0 Å². The summed E-state index contributed by atoms with van der Waals surface area (Å²) < 4.78 is 0. The number of nitrogens with one attached hydrogen (secondary N) is 1. The van der Waals surface area contributed by atoms with Gasteiger partial charge in [0.15, 0.2) is 0 Å². The summed E-state index contributed by atoms with van der Waals surface area (Å²) >= 11 is 0. The fraction of sp³-hybridized carbons (Fsp3) is 0.385. The predicted octanol–water partition coefficient (Wildman–Crippen LogP) is 0.772. The van der Waals surface area contributed by atoms with Gasteiger partial charge in [-0.15, -0.1) is 0 Å². The van der Waals surface area contributed by atoms with E-state index in [9.17, 15) is 0 Å². The van der Waals surface area contributed by atoms with Gasteiger partial charge in [0, 0.05) is 0 Å². The molecule has 1 atom stereocenters. The summed E-state index contributed by atoms with van der Waals surface area (Å²) in [7, 11) is 0. The zero-order valence-electron chi connectivity index (χ0n) is 8.20. The van der Waals surface area contributed by atoms with E-state index in [1.807, 2.05) is 0 Å². The molecular weight excluding hydrogens is 170 g/mol. The van der Waals surface area contributed by atoms with Crippen LogP contribution in [0.25, 0.3) is 0 Å². The minimum absolute atomic E-state index is 0.327. The Morgan fingerprint density at radius 1 is 1.00 bits per heavy atom. The minimum Gasteiger partial charge on any atom is -0.304 e. The first-order valence-electron chi connectivity index (χ1n) is 4.59. The minimum atomic E-state index is 0.327. The van der Waals surface area contributed by atoms with Crippen LogP contribution >= 0.6 is 0 Å². The van der Waals surface area contributed by atoms with E-state index in [-0.39, 0.29) is 0 Å². The zero-order valence-corrected chi connectivity index (χ0v) is 8.20. The van der Waals surface area contributed by atoms with Crippen LogP contribution < -0.4 is 5.32 Å². The van der Waals surface area contributed by atoms with Crippen LogP contribution in [-0.2, 0) is 0 Å². The highest BCUT2D eigenvalue weighted by Crippen LogP contribution is 2.02. The van der Waals surface area contributed by atoms with Crippen LogP contribution in [0.4, 0.5) is 0 Å². The summed E-state index contributed by atoms with van der Waals surface area (Å²) in [5.74, 6) is 21.6. The lowest BCUT2D eigenvalue weighted by Gasteiger charge is -1.95. The van der Waals surface area contributed by atoms with Gasteiger partial charge in [-0.05, 0) is 61.8 Å². The fourth-order valence-electron chi connectivity index (χ4n) is 1.12. The van der Waals surface area contributed by atoms with Crippen molar-refractivity contribution in [1.82, 2.24) is 5.32 Å². The number of hydrogen-bond donors (Lipinski definition) is 1. The maximum absolute atomic E-state index is 3.27. The monoisotopic (exact) mass is 181 g/mol. The van der Waals surface area contributed by atoms with E-state index in [2.05, 4.69) is 52.7 Å². The van der Waals surface area contributed by atoms with E-state index in [0.717, 1.165) is 13.0 Å². The van der Waals surface area contributed by atoms with Gasteiger partial charge in [-0.25, -0.2) is 0 Å². The summed E-state index contributed by atoms with van der Waals surface area (Å²) in [5, 5.41) is 3.27. The fourth-order valence-corrected chi connectivity index (χ4v) is 1.12. The van der Waals surface area contributed by atoms with Gasteiger partial charge in [0.1, 0.15) is 0 Å². The van der Waals surface area contributed by atoms with Crippen molar-refractivity contribution in [3.05, 3.63) is 0 Å². The van der Waals surface area contributed by atoms with Gasteiger partial charge >= 0.3 is 0 Å². The molecule has 1 saturated heterocycles. The van der Waals surface area contributed by atoms with Gasteiger partial charge in [0.2, 0.25) is 0 Å². The molecule has 1 nitrogen and oxygen atoms in total. The molecule has 1 rings (SSSR count). The SMILES string of the molecule is CC#CC#CC#CC#CC1CCCN1. The first-order valence-corrected chi connectivity index (χ1v) is 4.59. The maximum atomic E-state index is 3.27. The summed E-state index contributed by atoms with van der Waals surface area (Å²) in [4.78, 5) is 0. The summed E-state index contributed by atoms with van der Waals surface area (Å²) in [5.41, 5.74) is 0. The molecule has 1 heteroatoms. The van der Waals surface area contributed by atoms with E-state index >= 15 is 0 Å². The lowest BCUT2D eigenvalue weighted by atomic mass is 10.2. The molecule has 1 heterocycles. The largest absolute Gasteiger partial charge is 0.304 e. The number of rotatable bonds is 0. The van der Waals surface area contributed by atoms with Crippen molar-refractivity contribution in [3.63, 3.8) is 0 Å². The van der Waals surface area contributed by atoms with Crippen molar-refractivity contribution in [2.45, 2.75) is 25.8 Å². The molecule has 0 radical (unpaired) electrons. The van der Waals surface area contributed by atoms with Crippen molar-refractivity contribution >= 4 is 0 Å². The van der Waals surface area contributed by atoms with E-state index in [1.165, 1.54) is 6.42 Å². The molecule has 0 aromatic rings. The molecule has 0 aromatic heterocycles. The van der Waals surface area contributed by atoms with E-state index in [1.54, 1.807) is 6.92 Å². The third-order valence-corrected chi connectivity index (χ3v) is 1.74. The van der Waals surface area contributed by atoms with E-state index < -0.39 is 0 Å². The molecule has 0 aliphatic carbocycles. The molecule has 68 valence electrons. The smallest absolute Gasteiger partial charge is 0.0700 e. The molecule has 1 N–H and O–H groups in total. The molecular formula is C13H11N. The Bertz CT molecular complexity index is 409. The standard InChI is InChI=1S/C13H11N/c1-2-3-4-5-6-7-8-10-13-11-9-12-14-13/h13-14H,9,11-12H2,1H3. The molecule has 0 amide bonds. The third kappa shape index (κ3) is 4.28. The van der Waals surface area contributed by atoms with Gasteiger partial charge in [0.05, 0.1) is 6.04 Å². The van der Waals surface area contributed by atoms with Gasteiger partial charge in [-0.2, -0.15) is 0 Å². The molecule has 0 saturated carbocycles. The zero-order chi connectivity index (χ0) is 10.1. The van der Waals surface area contributed by atoms with Gasteiger partial charge < -0.3 is 5.32 Å². The van der Waals surface area contributed by atoms with E-state index in [4.69, 9.17) is 0 Å². The molecule has 0 bridgehead atoms. The lowest BCUT2D eigenvalue weighted by Crippen LogP contribution is -2.18. The Hall–Kier alpha value is -1.80. The molecule has 1 unspecified atom stereocenters. The van der Waals surface area contributed by atoms with Crippen molar-refractivity contribution < 1.29 is 0 Å². The second kappa shape index (κ2) is 6.69. The van der Waals surface area contributed by atoms with Crippen molar-refractivity contribution in [1.29, 1.82) is 0 Å². The Kier molecular flexibility index (Phi) is 4.91. The average molecular weight is 181 g/mol. The maximum Gasteiger partial charge on any atom is 0.0700 e. The molecule has 1 aliphatic rings. The molecule has 0 spiro atoms. The van der Waals surface area contributed by atoms with Crippen molar-refractivity contribution in [3.8, 4) is 47.4 Å². The second-order valence-electron chi connectivity index (χ2n) is 2.79. The van der Waals surface area contributed by atoms with Crippen LogP contribution in [0, 0.1) is 47.4 Å². The molecule has 0 aromatic carbocycles. The highest BCUT2D eigenvalue weighted by atomic mass is 14.9. The average Bonchev–Trinajstić information content (AvgIpc) is 2.69. The van der Waals surface area contributed by atoms with Crippen LogP contribution in [0.2, 0.25) is 0 Å². The van der Waals surface area contributed by atoms with Crippen molar-refractivity contribution in [2.24, 2.45) is 0 Å². The topological polar surface area (TPSA) is 12.0 Å². The second-order valence-corrected chi connectivity index (χ2v) is 2.79. The first-order chi connectivity index (χ1) is 6.93. The Balaban J connectivity index is 2.37. The molecule has 1 aliphatic heterocycles. The molecule has 1 fully saturated rings. The quantitative estimate of drug-likeness (QED) is 0.544. The molecule has 14 heavy (non-hydrogen) atoms. The number of hydrogen-bond acceptors (Lipinski definition) is 1. The van der Waals surface area contributed by atoms with Crippen molar-refractivity contribution in [2.75, 3.05) is 6.54 Å². The summed E-state index contributed by atoms with van der Waals surface area (Å²) in [6, 6.07) is 0.327. The Morgan fingerprint density at radius 3 is 2.36 bits per heavy atom. The van der Waals surface area contributed by atoms with Crippen LogP contribution in [0.5, 0.6) is 0 Å². The van der Waals surface area contributed by atoms with Crippen LogP contribution in [-0.4, -0.2) is 12.6 Å². The normalized spacial score (nSPS) is 17.1. The van der Waals surface area contributed by atoms with Crippen LogP contribution in [0.3, 0.4) is 0 Å². The predicted molar refractivity (Wildman–Crippen MR) is 57.8 cm³/mol. The first kappa shape index (κ1) is 10.3. The lowest BCUT2D eigenvalue weighted by molar-refractivity contribution is 0.749. The third-order valence-electron chi connectivity index (χ3n) is 1.74. The Morgan fingerprint density at radius 2 is 1.71 bits per heavy atom. The summed E-state index contributed by atoms with van der Waals surface area (Å²) in [6.07, 6.45) is 2.33. The van der Waals surface area contributed by atoms with Gasteiger partial charge in [-0.1, -0.05) is 11.8 Å². The van der Waals surface area contributed by atoms with Gasteiger partial charge in [-0.3, -0.25) is 0 Å². The van der Waals surface area contributed by atoms with E-state index in [0.29, 0.717) is 6.04 Å². The summed E-state index contributed by atoms with van der Waals surface area (Å²) in [6.45, 7) is 2.81. The van der Waals surface area contributed by atoms with Gasteiger partial charge in [0.25, 0.3) is 0 Å². The highest BCUT2D eigenvalue weighted by molar-refractivity contribution is 5.40.